The number of benzene rings is 1. The Bertz CT molecular complexity index is 461. The molecule has 2 rings (SSSR count). The molecule has 1 heterocycles. The molecule has 4 nitrogen and oxygen atoms in total. The predicted molar refractivity (Wildman–Crippen MR) is 105 cm³/mol. The first-order valence-electron chi connectivity index (χ1n) is 7.70. The molecule has 124 valence electrons. The third-order valence-electron chi connectivity index (χ3n) is 3.80. The van der Waals surface area contributed by atoms with Gasteiger partial charge in [0.2, 0.25) is 0 Å². The van der Waals surface area contributed by atoms with Crippen LogP contribution in [0.3, 0.4) is 0 Å². The minimum atomic E-state index is 0. The predicted octanol–water partition coefficient (Wildman–Crippen LogP) is 3.11. The zero-order chi connectivity index (χ0) is 14.9. The van der Waals surface area contributed by atoms with E-state index in [4.69, 9.17) is 11.6 Å². The van der Waals surface area contributed by atoms with Gasteiger partial charge in [0.15, 0.2) is 5.96 Å². The highest BCUT2D eigenvalue weighted by Gasteiger charge is 2.09. The molecule has 0 aliphatic carbocycles. The van der Waals surface area contributed by atoms with E-state index in [2.05, 4.69) is 20.5 Å². The number of hydrogen-bond donors (Lipinski definition) is 2. The van der Waals surface area contributed by atoms with E-state index in [1.165, 1.54) is 32.4 Å². The first-order chi connectivity index (χ1) is 10.3. The van der Waals surface area contributed by atoms with Gasteiger partial charge in [0.25, 0.3) is 0 Å². The quantitative estimate of drug-likeness (QED) is 0.423. The molecule has 0 unspecified atom stereocenters. The van der Waals surface area contributed by atoms with E-state index in [0.29, 0.717) is 6.54 Å². The summed E-state index contributed by atoms with van der Waals surface area (Å²) < 4.78 is 0. The van der Waals surface area contributed by atoms with Gasteiger partial charge in [-0.05, 0) is 37.6 Å². The maximum absolute atomic E-state index is 6.15. The van der Waals surface area contributed by atoms with Crippen LogP contribution in [0.5, 0.6) is 0 Å². The Morgan fingerprint density at radius 1 is 1.18 bits per heavy atom. The van der Waals surface area contributed by atoms with Gasteiger partial charge in [-0.3, -0.25) is 4.99 Å². The number of guanidine groups is 1. The van der Waals surface area contributed by atoms with Gasteiger partial charge in [-0.15, -0.1) is 24.0 Å². The van der Waals surface area contributed by atoms with Crippen LogP contribution in [0.25, 0.3) is 0 Å². The molecule has 1 fully saturated rings. The van der Waals surface area contributed by atoms with Crippen LogP contribution in [0.4, 0.5) is 0 Å². The molecule has 0 spiro atoms. The highest BCUT2D eigenvalue weighted by Crippen LogP contribution is 2.14. The van der Waals surface area contributed by atoms with Crippen molar-refractivity contribution in [1.29, 1.82) is 0 Å². The van der Waals surface area contributed by atoms with Crippen molar-refractivity contribution in [1.82, 2.24) is 15.5 Å². The average Bonchev–Trinajstić information content (AvgIpc) is 2.53. The lowest BCUT2D eigenvalue weighted by Gasteiger charge is -2.26. The van der Waals surface area contributed by atoms with E-state index < -0.39 is 0 Å². The Labute approximate surface area is 155 Å². The Kier molecular flexibility index (Phi) is 9.82. The number of aliphatic imine (C=N–C) groups is 1. The molecule has 6 heteroatoms. The number of piperidine rings is 1. The van der Waals surface area contributed by atoms with Gasteiger partial charge in [-0.1, -0.05) is 36.2 Å². The van der Waals surface area contributed by atoms with Crippen LogP contribution < -0.4 is 10.6 Å². The largest absolute Gasteiger partial charge is 0.355 e. The molecule has 1 aromatic carbocycles. The lowest BCUT2D eigenvalue weighted by atomic mass is 10.1. The summed E-state index contributed by atoms with van der Waals surface area (Å²) in [5.41, 5.74) is 1.08. The number of rotatable bonds is 5. The second kappa shape index (κ2) is 11.1. The highest BCUT2D eigenvalue weighted by atomic mass is 127. The molecule has 1 aliphatic heterocycles. The Balaban J connectivity index is 0.00000242. The summed E-state index contributed by atoms with van der Waals surface area (Å²) in [5.74, 6) is 0.826. The van der Waals surface area contributed by atoms with E-state index in [1.807, 2.05) is 24.3 Å². The summed E-state index contributed by atoms with van der Waals surface area (Å²) in [6.45, 7) is 5.14. The summed E-state index contributed by atoms with van der Waals surface area (Å²) in [6.07, 6.45) is 4.05. The molecule has 1 aliphatic rings. The SMILES string of the molecule is CN=C(NCCN1CCCCC1)NCc1ccccc1Cl.I. The van der Waals surface area contributed by atoms with E-state index >= 15 is 0 Å². The zero-order valence-electron chi connectivity index (χ0n) is 13.1. The van der Waals surface area contributed by atoms with Crippen molar-refractivity contribution in [2.75, 3.05) is 33.2 Å². The lowest BCUT2D eigenvalue weighted by Crippen LogP contribution is -2.42. The minimum absolute atomic E-state index is 0. The fourth-order valence-electron chi connectivity index (χ4n) is 2.56. The van der Waals surface area contributed by atoms with Gasteiger partial charge in [0.1, 0.15) is 0 Å². The highest BCUT2D eigenvalue weighted by molar-refractivity contribution is 14.0. The van der Waals surface area contributed by atoms with Crippen molar-refractivity contribution in [3.8, 4) is 0 Å². The summed E-state index contributed by atoms with van der Waals surface area (Å²) in [7, 11) is 1.79. The summed E-state index contributed by atoms with van der Waals surface area (Å²) in [5, 5.41) is 7.45. The number of hydrogen-bond acceptors (Lipinski definition) is 2. The molecule has 0 radical (unpaired) electrons. The fourth-order valence-corrected chi connectivity index (χ4v) is 2.76. The third-order valence-corrected chi connectivity index (χ3v) is 4.17. The average molecular weight is 437 g/mol. The topological polar surface area (TPSA) is 39.7 Å². The van der Waals surface area contributed by atoms with Crippen molar-refractivity contribution in [3.05, 3.63) is 34.9 Å². The zero-order valence-corrected chi connectivity index (χ0v) is 16.2. The van der Waals surface area contributed by atoms with Crippen LogP contribution >= 0.6 is 35.6 Å². The van der Waals surface area contributed by atoms with Crippen LogP contribution in [-0.2, 0) is 6.54 Å². The van der Waals surface area contributed by atoms with Crippen molar-refractivity contribution in [2.45, 2.75) is 25.8 Å². The third kappa shape index (κ3) is 6.71. The van der Waals surface area contributed by atoms with E-state index in [9.17, 15) is 0 Å². The number of halogens is 2. The number of nitrogens with zero attached hydrogens (tertiary/aromatic N) is 2. The molecule has 0 amide bonds. The van der Waals surface area contributed by atoms with Crippen LogP contribution in [0.1, 0.15) is 24.8 Å². The summed E-state index contributed by atoms with van der Waals surface area (Å²) >= 11 is 6.15. The van der Waals surface area contributed by atoms with Crippen molar-refractivity contribution in [2.24, 2.45) is 4.99 Å². The number of nitrogens with one attached hydrogen (secondary N) is 2. The fraction of sp³-hybridized carbons (Fsp3) is 0.562. The lowest BCUT2D eigenvalue weighted by molar-refractivity contribution is 0.232. The molecule has 0 bridgehead atoms. The molecule has 1 aromatic rings. The molecule has 1 saturated heterocycles. The number of likely N-dealkylation sites (tertiary alicyclic amines) is 1. The monoisotopic (exact) mass is 436 g/mol. The molecular formula is C16H26ClIN4. The van der Waals surface area contributed by atoms with Crippen LogP contribution in [0, 0.1) is 0 Å². The molecule has 0 saturated carbocycles. The molecule has 0 aromatic heterocycles. The van der Waals surface area contributed by atoms with Gasteiger partial charge in [0, 0.05) is 31.7 Å². The second-order valence-corrected chi connectivity index (χ2v) is 5.75. The normalized spacial score (nSPS) is 16.0. The standard InChI is InChI=1S/C16H25ClN4.HI/c1-18-16(19-9-12-21-10-5-2-6-11-21)20-13-14-7-3-4-8-15(14)17;/h3-4,7-8H,2,5-6,9-13H2,1H3,(H2,18,19,20);1H. The minimum Gasteiger partial charge on any atom is -0.355 e. The Morgan fingerprint density at radius 2 is 1.91 bits per heavy atom. The van der Waals surface area contributed by atoms with Gasteiger partial charge in [-0.25, -0.2) is 0 Å². The summed E-state index contributed by atoms with van der Waals surface area (Å²) in [4.78, 5) is 6.76. The van der Waals surface area contributed by atoms with Gasteiger partial charge in [0.05, 0.1) is 0 Å². The Morgan fingerprint density at radius 3 is 2.59 bits per heavy atom. The maximum atomic E-state index is 6.15. The van der Waals surface area contributed by atoms with E-state index in [-0.39, 0.29) is 24.0 Å². The van der Waals surface area contributed by atoms with Crippen LogP contribution in [0.2, 0.25) is 5.02 Å². The molecule has 22 heavy (non-hydrogen) atoms. The summed E-state index contributed by atoms with van der Waals surface area (Å²) in [6, 6.07) is 7.87. The van der Waals surface area contributed by atoms with E-state index in [0.717, 1.165) is 29.6 Å². The van der Waals surface area contributed by atoms with Crippen LogP contribution in [0.15, 0.2) is 29.3 Å². The van der Waals surface area contributed by atoms with Crippen LogP contribution in [-0.4, -0.2) is 44.1 Å². The van der Waals surface area contributed by atoms with Crippen molar-refractivity contribution < 1.29 is 0 Å². The molecule has 2 N–H and O–H groups in total. The Hall–Kier alpha value is -0.530. The molecule has 0 atom stereocenters. The molecular weight excluding hydrogens is 411 g/mol. The van der Waals surface area contributed by atoms with E-state index in [1.54, 1.807) is 7.05 Å². The first-order valence-corrected chi connectivity index (χ1v) is 8.07. The van der Waals surface area contributed by atoms with Crippen molar-refractivity contribution in [3.63, 3.8) is 0 Å². The van der Waals surface area contributed by atoms with Gasteiger partial charge >= 0.3 is 0 Å². The second-order valence-electron chi connectivity index (χ2n) is 5.35. The first kappa shape index (κ1) is 19.5. The van der Waals surface area contributed by atoms with Crippen molar-refractivity contribution >= 4 is 41.5 Å². The van der Waals surface area contributed by atoms with Gasteiger partial charge < -0.3 is 15.5 Å². The maximum Gasteiger partial charge on any atom is 0.191 e. The smallest absolute Gasteiger partial charge is 0.191 e. The van der Waals surface area contributed by atoms with Gasteiger partial charge in [-0.2, -0.15) is 0 Å².